The molecule has 0 aliphatic carbocycles. The molecule has 2 rings (SSSR count). The van der Waals surface area contributed by atoms with Crippen LogP contribution in [0, 0.1) is 0 Å². The van der Waals surface area contributed by atoms with E-state index >= 15 is 0 Å². The van der Waals surface area contributed by atoms with Crippen LogP contribution in [-0.4, -0.2) is 50.8 Å². The fourth-order valence-corrected chi connectivity index (χ4v) is 6.74. The summed E-state index contributed by atoms with van der Waals surface area (Å²) >= 11 is 0.742. The van der Waals surface area contributed by atoms with Gasteiger partial charge in [-0.05, 0) is 26.0 Å². The van der Waals surface area contributed by atoms with E-state index in [0.717, 1.165) is 11.3 Å². The van der Waals surface area contributed by atoms with Gasteiger partial charge in [-0.15, -0.1) is 11.3 Å². The summed E-state index contributed by atoms with van der Waals surface area (Å²) in [6.07, 6.45) is 1.55. The maximum Gasteiger partial charge on any atom is 0.328 e. The summed E-state index contributed by atoms with van der Waals surface area (Å²) in [5.74, 6) is -2.51. The Morgan fingerprint density at radius 2 is 1.85 bits per heavy atom. The predicted molar refractivity (Wildman–Crippen MR) is 97.8 cm³/mol. The number of carboxylic acids is 2. The third-order valence-corrected chi connectivity index (χ3v) is 8.85. The highest BCUT2D eigenvalue weighted by molar-refractivity contribution is 7.95. The minimum Gasteiger partial charge on any atom is -0.478 e. The Morgan fingerprint density at radius 1 is 1.33 bits per heavy atom. The molecule has 0 saturated carbocycles. The second-order valence-electron chi connectivity index (χ2n) is 5.56. The van der Waals surface area contributed by atoms with Crippen molar-refractivity contribution in [3.05, 3.63) is 23.8 Å². The number of sulfonamides is 1. The quantitative estimate of drug-likeness (QED) is 0.469. The van der Waals surface area contributed by atoms with E-state index in [9.17, 15) is 26.4 Å². The van der Waals surface area contributed by atoms with E-state index in [4.69, 9.17) is 15.4 Å². The van der Waals surface area contributed by atoms with Crippen molar-refractivity contribution in [3.63, 3.8) is 0 Å². The van der Waals surface area contributed by atoms with Crippen LogP contribution in [0.1, 0.15) is 31.9 Å². The van der Waals surface area contributed by atoms with Gasteiger partial charge >= 0.3 is 11.9 Å². The van der Waals surface area contributed by atoms with Crippen molar-refractivity contribution >= 4 is 43.1 Å². The zero-order valence-corrected chi connectivity index (χ0v) is 16.9. The standard InChI is InChI=1S/C10H16N2O4S3.C4H4O4/c1-3-12-8-4-6(2)18(13,14)10-7(8)5-9(17-10)19(11,15)16;5-3(6)1-2-4(7)8/h5-6,8,12H,3-4H2,1-2H3,(H2,11,15,16);1-2H,(H,5,6)(H,7,8)/b;2-1-/t6-,8-;/m1./s1. The smallest absolute Gasteiger partial charge is 0.328 e. The summed E-state index contributed by atoms with van der Waals surface area (Å²) in [6.45, 7) is 4.23. The maximum absolute atomic E-state index is 12.2. The number of sulfone groups is 1. The number of hydrogen-bond acceptors (Lipinski definition) is 8. The maximum atomic E-state index is 12.2. The van der Waals surface area contributed by atoms with Crippen LogP contribution in [0.4, 0.5) is 0 Å². The number of aliphatic carboxylic acids is 2. The monoisotopic (exact) mass is 440 g/mol. The highest BCUT2D eigenvalue weighted by Gasteiger charge is 2.39. The molecule has 0 aromatic carbocycles. The number of carboxylic acid groups (broad SMARTS) is 2. The Balaban J connectivity index is 0.000000387. The Kier molecular flexibility index (Phi) is 7.68. The molecule has 2 atom stereocenters. The molecule has 5 N–H and O–H groups in total. The number of thiophene rings is 1. The van der Waals surface area contributed by atoms with Crippen molar-refractivity contribution in [1.29, 1.82) is 0 Å². The van der Waals surface area contributed by atoms with Gasteiger partial charge in [-0.2, -0.15) is 0 Å². The van der Waals surface area contributed by atoms with Crippen LogP contribution in [0.25, 0.3) is 0 Å². The minimum absolute atomic E-state index is 0.0990. The largest absolute Gasteiger partial charge is 0.478 e. The van der Waals surface area contributed by atoms with Gasteiger partial charge < -0.3 is 15.5 Å². The number of primary sulfonamides is 1. The summed E-state index contributed by atoms with van der Waals surface area (Å²) in [5, 5.41) is 23.4. The lowest BCUT2D eigenvalue weighted by molar-refractivity contribution is -0.134. The molecule has 2 heterocycles. The van der Waals surface area contributed by atoms with Crippen LogP contribution in [0.5, 0.6) is 0 Å². The average Bonchev–Trinajstić information content (AvgIpc) is 2.98. The van der Waals surface area contributed by atoms with E-state index in [1.54, 1.807) is 6.92 Å². The average molecular weight is 441 g/mol. The van der Waals surface area contributed by atoms with E-state index in [-0.39, 0.29) is 14.5 Å². The zero-order valence-electron chi connectivity index (χ0n) is 14.4. The second-order valence-corrected chi connectivity index (χ2v) is 11.0. The van der Waals surface area contributed by atoms with Crippen molar-refractivity contribution in [2.24, 2.45) is 5.14 Å². The second kappa shape index (κ2) is 8.93. The number of fused-ring (bicyclic) bond motifs is 1. The number of nitrogens with two attached hydrogens (primary N) is 1. The first-order chi connectivity index (χ1) is 12.3. The van der Waals surface area contributed by atoms with Crippen LogP contribution in [0.2, 0.25) is 0 Å². The summed E-state index contributed by atoms with van der Waals surface area (Å²) in [6, 6.07) is 1.23. The fourth-order valence-electron chi connectivity index (χ4n) is 2.32. The lowest BCUT2D eigenvalue weighted by atomic mass is 10.1. The molecule has 0 unspecified atom stereocenters. The predicted octanol–water partition coefficient (Wildman–Crippen LogP) is 0.324. The summed E-state index contributed by atoms with van der Waals surface area (Å²) in [5.41, 5.74) is 0.522. The molecule has 0 saturated heterocycles. The molecule has 0 spiro atoms. The van der Waals surface area contributed by atoms with Gasteiger partial charge in [0.25, 0.3) is 0 Å². The van der Waals surface area contributed by atoms with Crippen LogP contribution in [0.15, 0.2) is 26.6 Å². The molecule has 13 heteroatoms. The van der Waals surface area contributed by atoms with Crippen molar-refractivity contribution < 1.29 is 36.6 Å². The molecule has 1 aliphatic rings. The molecule has 0 amide bonds. The first-order valence-corrected chi connectivity index (χ1v) is 11.5. The zero-order chi connectivity index (χ0) is 21.0. The van der Waals surface area contributed by atoms with E-state index in [2.05, 4.69) is 5.32 Å². The van der Waals surface area contributed by atoms with Crippen molar-refractivity contribution in [2.75, 3.05) is 6.54 Å². The number of hydrogen-bond donors (Lipinski definition) is 4. The van der Waals surface area contributed by atoms with Gasteiger partial charge in [0, 0.05) is 23.8 Å². The molecule has 27 heavy (non-hydrogen) atoms. The molecule has 0 fully saturated rings. The highest BCUT2D eigenvalue weighted by Crippen LogP contribution is 2.42. The van der Waals surface area contributed by atoms with Crippen LogP contribution < -0.4 is 10.5 Å². The number of nitrogens with one attached hydrogen (secondary N) is 1. The third-order valence-electron chi connectivity index (χ3n) is 3.53. The Morgan fingerprint density at radius 3 is 2.26 bits per heavy atom. The van der Waals surface area contributed by atoms with Gasteiger partial charge in [0.2, 0.25) is 10.0 Å². The van der Waals surface area contributed by atoms with E-state index < -0.39 is 37.0 Å². The van der Waals surface area contributed by atoms with E-state index in [1.165, 1.54) is 6.07 Å². The van der Waals surface area contributed by atoms with E-state index in [0.29, 0.717) is 30.7 Å². The van der Waals surface area contributed by atoms with Gasteiger partial charge in [0.05, 0.1) is 5.25 Å². The SMILES string of the molecule is CCN[C@@H]1C[C@@H](C)S(=O)(=O)c2sc(S(N)(=O)=O)cc21.O=C(O)/C=C\C(=O)O. The Bertz CT molecular complexity index is 931. The first kappa shape index (κ1) is 23.2. The van der Waals surface area contributed by atoms with Crippen molar-refractivity contribution in [3.8, 4) is 0 Å². The van der Waals surface area contributed by atoms with Gasteiger partial charge in [0.15, 0.2) is 9.84 Å². The highest BCUT2D eigenvalue weighted by atomic mass is 32.3. The minimum atomic E-state index is -3.88. The normalized spacial score (nSPS) is 21.1. The summed E-state index contributed by atoms with van der Waals surface area (Å²) < 4.78 is 47.3. The molecule has 0 bridgehead atoms. The van der Waals surface area contributed by atoms with Crippen LogP contribution in [0.3, 0.4) is 0 Å². The summed E-state index contributed by atoms with van der Waals surface area (Å²) in [7, 11) is -7.33. The van der Waals surface area contributed by atoms with E-state index in [1.807, 2.05) is 6.92 Å². The summed E-state index contributed by atoms with van der Waals surface area (Å²) in [4.78, 5) is 19.1. The Labute approximate surface area is 160 Å². The molecular weight excluding hydrogens is 420 g/mol. The van der Waals surface area contributed by atoms with Gasteiger partial charge in [-0.1, -0.05) is 6.92 Å². The molecule has 0 radical (unpaired) electrons. The lowest BCUT2D eigenvalue weighted by Crippen LogP contribution is -2.33. The van der Waals surface area contributed by atoms with Crippen LogP contribution in [-0.2, 0) is 29.4 Å². The molecule has 1 aromatic rings. The molecular formula is C14H20N2O8S3. The van der Waals surface area contributed by atoms with Gasteiger partial charge in [-0.25, -0.2) is 31.6 Å². The van der Waals surface area contributed by atoms with Crippen molar-refractivity contribution in [1.82, 2.24) is 5.32 Å². The molecule has 1 aliphatic heterocycles. The first-order valence-electron chi connectivity index (χ1n) is 7.58. The Hall–Kier alpha value is -1.80. The number of rotatable bonds is 5. The van der Waals surface area contributed by atoms with Crippen molar-refractivity contribution in [2.45, 2.75) is 40.0 Å². The molecule has 152 valence electrons. The molecule has 10 nitrogen and oxygen atoms in total. The number of carbonyl (C=O) groups is 2. The fraction of sp³-hybridized carbons (Fsp3) is 0.429. The topological polar surface area (TPSA) is 181 Å². The lowest BCUT2D eigenvalue weighted by Gasteiger charge is -2.27. The third kappa shape index (κ3) is 6.10. The van der Waals surface area contributed by atoms with Crippen LogP contribution >= 0.6 is 11.3 Å². The molecule has 1 aromatic heterocycles. The van der Waals surface area contributed by atoms with Gasteiger partial charge in [0.1, 0.15) is 8.42 Å². The van der Waals surface area contributed by atoms with Gasteiger partial charge in [-0.3, -0.25) is 0 Å².